The highest BCUT2D eigenvalue weighted by atomic mass is 35.5. The highest BCUT2D eigenvalue weighted by Crippen LogP contribution is 2.25. The summed E-state index contributed by atoms with van der Waals surface area (Å²) >= 11 is 6.07. The zero-order valence-corrected chi connectivity index (χ0v) is 14.9. The summed E-state index contributed by atoms with van der Waals surface area (Å²) in [6.45, 7) is 1.75. The first kappa shape index (κ1) is 16.4. The Bertz CT molecular complexity index is 1210. The Hall–Kier alpha value is -3.12. The van der Waals surface area contributed by atoms with Crippen molar-refractivity contribution in [3.63, 3.8) is 0 Å². The van der Waals surface area contributed by atoms with E-state index in [9.17, 15) is 4.79 Å². The van der Waals surface area contributed by atoms with Crippen molar-refractivity contribution in [1.29, 1.82) is 0 Å². The summed E-state index contributed by atoms with van der Waals surface area (Å²) in [5.41, 5.74) is 2.40. The molecule has 130 valence electrons. The van der Waals surface area contributed by atoms with E-state index in [1.165, 1.54) is 4.68 Å². The minimum Gasteiger partial charge on any atom is -0.497 e. The molecule has 0 aliphatic rings. The van der Waals surface area contributed by atoms with Crippen LogP contribution in [-0.2, 0) is 0 Å². The topological polar surface area (TPSA) is 72.3 Å². The third kappa shape index (κ3) is 2.74. The minimum atomic E-state index is -0.260. The van der Waals surface area contributed by atoms with E-state index < -0.39 is 0 Å². The number of aryl methyl sites for hydroxylation is 1. The van der Waals surface area contributed by atoms with E-state index in [1.54, 1.807) is 32.4 Å². The van der Waals surface area contributed by atoms with Gasteiger partial charge in [0.25, 0.3) is 5.56 Å². The van der Waals surface area contributed by atoms with E-state index in [0.29, 0.717) is 21.9 Å². The zero-order valence-electron chi connectivity index (χ0n) is 14.2. The molecule has 0 aliphatic heterocycles. The molecular weight excluding hydrogens is 352 g/mol. The Labute approximate surface area is 153 Å². The molecule has 0 saturated heterocycles. The number of rotatable bonds is 3. The second kappa shape index (κ2) is 6.31. The van der Waals surface area contributed by atoms with Gasteiger partial charge in [-0.3, -0.25) is 4.79 Å². The predicted octanol–water partition coefficient (Wildman–Crippen LogP) is 3.73. The number of benzene rings is 2. The van der Waals surface area contributed by atoms with Crippen LogP contribution in [0, 0.1) is 6.92 Å². The molecule has 0 fully saturated rings. The van der Waals surface area contributed by atoms with Crippen LogP contribution in [0.1, 0.15) is 11.4 Å². The van der Waals surface area contributed by atoms with Gasteiger partial charge in [0, 0.05) is 15.9 Å². The third-order valence-corrected chi connectivity index (χ3v) is 4.39. The summed E-state index contributed by atoms with van der Waals surface area (Å²) in [5, 5.41) is 5.71. The van der Waals surface area contributed by atoms with Crippen LogP contribution in [-0.4, -0.2) is 28.0 Å². The maximum Gasteiger partial charge on any atom is 0.298 e. The summed E-state index contributed by atoms with van der Waals surface area (Å²) in [7, 11) is 1.61. The number of aromatic amines is 1. The second-order valence-corrected chi connectivity index (χ2v) is 6.27. The lowest BCUT2D eigenvalue weighted by molar-refractivity contribution is 0.415. The van der Waals surface area contributed by atoms with Gasteiger partial charge in [0.2, 0.25) is 0 Å². The molecule has 0 atom stereocenters. The predicted molar refractivity (Wildman–Crippen MR) is 104 cm³/mol. The van der Waals surface area contributed by atoms with E-state index >= 15 is 0 Å². The summed E-state index contributed by atoms with van der Waals surface area (Å²) in [4.78, 5) is 20.5. The zero-order chi connectivity index (χ0) is 18.3. The molecule has 2 aromatic heterocycles. The van der Waals surface area contributed by atoms with Crippen LogP contribution in [0.5, 0.6) is 5.75 Å². The Kier molecular flexibility index (Phi) is 3.97. The Morgan fingerprint density at radius 2 is 2.00 bits per heavy atom. The molecule has 4 aromatic rings. The summed E-state index contributed by atoms with van der Waals surface area (Å²) in [6.07, 6.45) is 1.61. The SMILES string of the molecule is COc1ccc(/C=N/n2c(C)nc3c([nH]c4ccc(Cl)cc43)c2=O)cc1. The van der Waals surface area contributed by atoms with E-state index in [4.69, 9.17) is 16.3 Å². The number of nitrogens with zero attached hydrogens (tertiary/aromatic N) is 3. The summed E-state index contributed by atoms with van der Waals surface area (Å²) < 4.78 is 6.41. The number of halogens is 1. The lowest BCUT2D eigenvalue weighted by Gasteiger charge is -2.03. The van der Waals surface area contributed by atoms with Gasteiger partial charge < -0.3 is 9.72 Å². The number of hydrogen-bond acceptors (Lipinski definition) is 4. The van der Waals surface area contributed by atoms with Crippen LogP contribution in [0.25, 0.3) is 21.9 Å². The molecule has 1 N–H and O–H groups in total. The smallest absolute Gasteiger partial charge is 0.298 e. The van der Waals surface area contributed by atoms with Crippen LogP contribution in [0.4, 0.5) is 0 Å². The van der Waals surface area contributed by atoms with Crippen molar-refractivity contribution in [2.75, 3.05) is 7.11 Å². The first-order valence-electron chi connectivity index (χ1n) is 7.96. The number of aromatic nitrogens is 3. The largest absolute Gasteiger partial charge is 0.497 e. The van der Waals surface area contributed by atoms with Crippen molar-refractivity contribution in [2.24, 2.45) is 5.10 Å². The van der Waals surface area contributed by atoms with Crippen molar-refractivity contribution in [2.45, 2.75) is 6.92 Å². The van der Waals surface area contributed by atoms with E-state index in [0.717, 1.165) is 22.2 Å². The quantitative estimate of drug-likeness (QED) is 0.561. The maximum atomic E-state index is 12.9. The molecular formula is C19H15ClN4O2. The Balaban J connectivity index is 1.83. The van der Waals surface area contributed by atoms with Crippen molar-refractivity contribution >= 4 is 39.8 Å². The van der Waals surface area contributed by atoms with E-state index in [1.807, 2.05) is 30.3 Å². The van der Waals surface area contributed by atoms with Crippen LogP contribution in [0.15, 0.2) is 52.4 Å². The molecule has 0 spiro atoms. The number of fused-ring (bicyclic) bond motifs is 3. The molecule has 0 unspecified atom stereocenters. The number of methoxy groups -OCH3 is 1. The maximum absolute atomic E-state index is 12.9. The van der Waals surface area contributed by atoms with E-state index in [-0.39, 0.29) is 5.56 Å². The van der Waals surface area contributed by atoms with Gasteiger partial charge in [-0.2, -0.15) is 9.78 Å². The fraction of sp³-hybridized carbons (Fsp3) is 0.105. The molecule has 0 saturated carbocycles. The molecule has 4 rings (SSSR count). The number of H-pyrrole nitrogens is 1. The second-order valence-electron chi connectivity index (χ2n) is 5.83. The lowest BCUT2D eigenvalue weighted by Crippen LogP contribution is -2.20. The molecule has 0 radical (unpaired) electrons. The Morgan fingerprint density at radius 1 is 1.23 bits per heavy atom. The summed E-state index contributed by atoms with van der Waals surface area (Å²) in [5.74, 6) is 1.25. The number of hydrogen-bond donors (Lipinski definition) is 1. The van der Waals surface area contributed by atoms with Gasteiger partial charge in [-0.1, -0.05) is 11.6 Å². The van der Waals surface area contributed by atoms with Gasteiger partial charge >= 0.3 is 0 Å². The van der Waals surface area contributed by atoms with Gasteiger partial charge in [0.05, 0.1) is 13.3 Å². The van der Waals surface area contributed by atoms with Crippen molar-refractivity contribution in [3.8, 4) is 5.75 Å². The average Bonchev–Trinajstić information content (AvgIpc) is 3.00. The van der Waals surface area contributed by atoms with Crippen molar-refractivity contribution in [1.82, 2.24) is 14.6 Å². The summed E-state index contributed by atoms with van der Waals surface area (Å²) in [6, 6.07) is 12.8. The minimum absolute atomic E-state index is 0.260. The van der Waals surface area contributed by atoms with Crippen molar-refractivity contribution < 1.29 is 4.74 Å². The van der Waals surface area contributed by atoms with Gasteiger partial charge in [0.15, 0.2) is 0 Å². The number of ether oxygens (including phenoxy) is 1. The fourth-order valence-electron chi connectivity index (χ4n) is 2.83. The first-order chi connectivity index (χ1) is 12.6. The molecule has 2 aromatic carbocycles. The van der Waals surface area contributed by atoms with Gasteiger partial charge in [-0.05, 0) is 55.0 Å². The van der Waals surface area contributed by atoms with Crippen molar-refractivity contribution in [3.05, 3.63) is 69.2 Å². The molecule has 2 heterocycles. The van der Waals surface area contributed by atoms with Gasteiger partial charge in [-0.25, -0.2) is 4.98 Å². The molecule has 26 heavy (non-hydrogen) atoms. The lowest BCUT2D eigenvalue weighted by atomic mass is 10.2. The van der Waals surface area contributed by atoms with Gasteiger partial charge in [0.1, 0.15) is 22.6 Å². The van der Waals surface area contributed by atoms with Crippen LogP contribution in [0.3, 0.4) is 0 Å². The molecule has 0 amide bonds. The highest BCUT2D eigenvalue weighted by molar-refractivity contribution is 6.31. The molecule has 6 nitrogen and oxygen atoms in total. The highest BCUT2D eigenvalue weighted by Gasteiger charge is 2.13. The normalized spacial score (nSPS) is 11.7. The average molecular weight is 367 g/mol. The molecule has 0 aliphatic carbocycles. The number of nitrogens with one attached hydrogen (secondary N) is 1. The molecule has 0 bridgehead atoms. The van der Waals surface area contributed by atoms with Crippen LogP contribution < -0.4 is 10.3 Å². The third-order valence-electron chi connectivity index (χ3n) is 4.16. The van der Waals surface area contributed by atoms with E-state index in [2.05, 4.69) is 15.1 Å². The standard InChI is InChI=1S/C19H15ClN4O2/c1-11-22-17-15-9-13(20)5-8-16(15)23-18(17)19(25)24(11)21-10-12-3-6-14(26-2)7-4-12/h3-10,23H,1-2H3/b21-10+. The van der Waals surface area contributed by atoms with Gasteiger partial charge in [-0.15, -0.1) is 0 Å². The Morgan fingerprint density at radius 3 is 2.73 bits per heavy atom. The van der Waals surface area contributed by atoms with Crippen LogP contribution >= 0.6 is 11.6 Å². The molecule has 7 heteroatoms. The van der Waals surface area contributed by atoms with Crippen LogP contribution in [0.2, 0.25) is 5.02 Å². The fourth-order valence-corrected chi connectivity index (χ4v) is 3.01. The first-order valence-corrected chi connectivity index (χ1v) is 8.33. The monoisotopic (exact) mass is 366 g/mol.